The molecule has 0 heterocycles. The average Bonchev–Trinajstić information content (AvgIpc) is 2.51. The number of hydrogen-bond donors (Lipinski definition) is 0. The molecule has 24 heavy (non-hydrogen) atoms. The molecular weight excluding hydrogens is 357 g/mol. The smallest absolute Gasteiger partial charge is 0.315 e. The maximum absolute atomic E-state index is 11.6. The highest BCUT2D eigenvalue weighted by atomic mass is 35.5. The molecule has 2 rings (SSSR count). The molecule has 0 saturated carbocycles. The molecule has 0 amide bonds. The Kier molecular flexibility index (Phi) is 6.00. The minimum absolute atomic E-state index is 0.000174. The second-order valence-electron chi connectivity index (χ2n) is 4.68. The van der Waals surface area contributed by atoms with Gasteiger partial charge in [-0.3, -0.25) is 14.9 Å². The Bertz CT molecular complexity index is 779. The monoisotopic (exact) mass is 369 g/mol. The molecule has 0 aromatic heterocycles. The normalized spacial score (nSPS) is 10.3. The molecule has 6 nitrogen and oxygen atoms in total. The lowest BCUT2D eigenvalue weighted by molar-refractivity contribution is -0.386. The van der Waals surface area contributed by atoms with E-state index in [4.69, 9.17) is 32.7 Å². The molecule has 0 aliphatic rings. The van der Waals surface area contributed by atoms with Crippen LogP contribution in [0.4, 0.5) is 5.69 Å². The third-order valence-corrected chi connectivity index (χ3v) is 3.76. The zero-order chi connectivity index (χ0) is 17.7. The number of nitrogens with zero attached hydrogens (tertiary/aromatic N) is 1. The van der Waals surface area contributed by atoms with Crippen LogP contribution < -0.4 is 4.74 Å². The van der Waals surface area contributed by atoms with Gasteiger partial charge in [0.05, 0.1) is 28.0 Å². The summed E-state index contributed by atoms with van der Waals surface area (Å²) in [6, 6.07) is 9.00. The average molecular weight is 370 g/mol. The molecule has 0 fully saturated rings. The lowest BCUT2D eigenvalue weighted by atomic mass is 10.1. The van der Waals surface area contributed by atoms with Gasteiger partial charge in [-0.25, -0.2) is 0 Å². The van der Waals surface area contributed by atoms with Gasteiger partial charge in [0.2, 0.25) is 5.75 Å². The second kappa shape index (κ2) is 7.99. The fourth-order valence-corrected chi connectivity index (χ4v) is 2.32. The zero-order valence-electron chi connectivity index (χ0n) is 12.6. The highest BCUT2D eigenvalue weighted by Crippen LogP contribution is 2.36. The lowest BCUT2D eigenvalue weighted by Crippen LogP contribution is -2.09. The summed E-state index contributed by atoms with van der Waals surface area (Å²) in [7, 11) is 0. The van der Waals surface area contributed by atoms with Crippen LogP contribution in [0.3, 0.4) is 0 Å². The van der Waals surface area contributed by atoms with E-state index in [-0.39, 0.29) is 35.1 Å². The maximum Gasteiger partial charge on any atom is 0.315 e. The van der Waals surface area contributed by atoms with Gasteiger partial charge in [0, 0.05) is 11.6 Å². The van der Waals surface area contributed by atoms with Crippen LogP contribution in [-0.4, -0.2) is 17.5 Å². The van der Waals surface area contributed by atoms with Crippen molar-refractivity contribution in [1.29, 1.82) is 0 Å². The molecule has 126 valence electrons. The Labute approximate surface area is 148 Å². The topological polar surface area (TPSA) is 78.7 Å². The minimum atomic E-state index is -0.596. The van der Waals surface area contributed by atoms with Gasteiger partial charge < -0.3 is 9.47 Å². The number of benzene rings is 2. The molecular formula is C16H13Cl2NO5. The maximum atomic E-state index is 11.6. The molecule has 0 spiro atoms. The van der Waals surface area contributed by atoms with Gasteiger partial charge in [-0.15, -0.1) is 0 Å². The fourth-order valence-electron chi connectivity index (χ4n) is 2.03. The molecule has 0 atom stereocenters. The number of para-hydroxylation sites is 1. The molecule has 0 N–H and O–H groups in total. The van der Waals surface area contributed by atoms with Gasteiger partial charge in [-0.05, 0) is 25.1 Å². The van der Waals surface area contributed by atoms with Gasteiger partial charge in [0.1, 0.15) is 5.75 Å². The fraction of sp³-hybridized carbons (Fsp3) is 0.188. The summed E-state index contributed by atoms with van der Waals surface area (Å²) in [5.74, 6) is -0.256. The summed E-state index contributed by atoms with van der Waals surface area (Å²) in [6.45, 7) is 1.86. The number of carbonyl (C=O) groups excluding carboxylic acids is 1. The van der Waals surface area contributed by atoms with Crippen LogP contribution in [0, 0.1) is 10.1 Å². The van der Waals surface area contributed by atoms with E-state index < -0.39 is 10.9 Å². The third-order valence-electron chi connectivity index (χ3n) is 3.02. The lowest BCUT2D eigenvalue weighted by Gasteiger charge is -2.10. The molecule has 8 heteroatoms. The van der Waals surface area contributed by atoms with Gasteiger partial charge in [0.25, 0.3) is 0 Å². The zero-order valence-corrected chi connectivity index (χ0v) is 14.1. The second-order valence-corrected chi connectivity index (χ2v) is 5.50. The molecule has 2 aromatic rings. The molecule has 0 saturated heterocycles. The number of hydrogen-bond acceptors (Lipinski definition) is 5. The van der Waals surface area contributed by atoms with Gasteiger partial charge in [-0.2, -0.15) is 0 Å². The van der Waals surface area contributed by atoms with Crippen LogP contribution in [0.15, 0.2) is 36.4 Å². The molecule has 0 aliphatic carbocycles. The number of nitro groups is 1. The van der Waals surface area contributed by atoms with Gasteiger partial charge in [-0.1, -0.05) is 35.3 Å². The molecule has 2 aromatic carbocycles. The predicted molar refractivity (Wildman–Crippen MR) is 90.0 cm³/mol. The van der Waals surface area contributed by atoms with Crippen LogP contribution in [0.5, 0.6) is 11.5 Å². The van der Waals surface area contributed by atoms with E-state index >= 15 is 0 Å². The van der Waals surface area contributed by atoms with Crippen LogP contribution in [0.2, 0.25) is 10.0 Å². The highest BCUT2D eigenvalue weighted by molar-refractivity contribution is 6.42. The van der Waals surface area contributed by atoms with Crippen molar-refractivity contribution < 1.29 is 19.2 Å². The van der Waals surface area contributed by atoms with Crippen molar-refractivity contribution in [2.45, 2.75) is 13.3 Å². The Morgan fingerprint density at radius 1 is 1.21 bits per heavy atom. The first kappa shape index (κ1) is 18.0. The van der Waals surface area contributed by atoms with Crippen molar-refractivity contribution in [3.05, 3.63) is 62.1 Å². The summed E-state index contributed by atoms with van der Waals surface area (Å²) < 4.78 is 10.4. The van der Waals surface area contributed by atoms with E-state index in [0.29, 0.717) is 10.8 Å². The highest BCUT2D eigenvalue weighted by Gasteiger charge is 2.23. The molecule has 0 bridgehead atoms. The summed E-state index contributed by atoms with van der Waals surface area (Å²) >= 11 is 11.7. The van der Waals surface area contributed by atoms with Crippen molar-refractivity contribution in [3.63, 3.8) is 0 Å². The number of halogens is 2. The summed E-state index contributed by atoms with van der Waals surface area (Å²) in [4.78, 5) is 22.4. The SMILES string of the molecule is CCOC(=O)Cc1cccc(Oc2ccc(Cl)c(Cl)c2)c1[N+](=O)[O-]. The van der Waals surface area contributed by atoms with E-state index in [0.717, 1.165) is 0 Å². The molecule has 0 radical (unpaired) electrons. The van der Waals surface area contributed by atoms with Crippen molar-refractivity contribution in [1.82, 2.24) is 0 Å². The van der Waals surface area contributed by atoms with Crippen molar-refractivity contribution in [3.8, 4) is 11.5 Å². The number of nitro benzene ring substituents is 1. The minimum Gasteiger partial charge on any atom is -0.466 e. The number of esters is 1. The standard InChI is InChI=1S/C16H13Cl2NO5/c1-2-23-15(20)8-10-4-3-5-14(16(10)19(21)22)24-11-6-7-12(17)13(18)9-11/h3-7,9H,2,8H2,1H3. The quantitative estimate of drug-likeness (QED) is 0.415. The Morgan fingerprint density at radius 2 is 1.96 bits per heavy atom. The van der Waals surface area contributed by atoms with Gasteiger partial charge in [0.15, 0.2) is 0 Å². The van der Waals surface area contributed by atoms with Crippen molar-refractivity contribution in [2.24, 2.45) is 0 Å². The van der Waals surface area contributed by atoms with Crippen molar-refractivity contribution >= 4 is 34.9 Å². The van der Waals surface area contributed by atoms with E-state index in [1.807, 2.05) is 0 Å². The molecule has 0 unspecified atom stereocenters. The largest absolute Gasteiger partial charge is 0.466 e. The first-order chi connectivity index (χ1) is 11.4. The Balaban J connectivity index is 2.37. The van der Waals surface area contributed by atoms with Gasteiger partial charge >= 0.3 is 11.7 Å². The first-order valence-electron chi connectivity index (χ1n) is 6.97. The van der Waals surface area contributed by atoms with Crippen molar-refractivity contribution in [2.75, 3.05) is 6.61 Å². The third kappa shape index (κ3) is 4.37. The van der Waals surface area contributed by atoms with Crippen LogP contribution in [0.1, 0.15) is 12.5 Å². The van der Waals surface area contributed by atoms with E-state index in [9.17, 15) is 14.9 Å². The first-order valence-corrected chi connectivity index (χ1v) is 7.72. The summed E-state index contributed by atoms with van der Waals surface area (Å²) in [5, 5.41) is 12.0. The van der Waals surface area contributed by atoms with E-state index in [1.54, 1.807) is 13.0 Å². The number of ether oxygens (including phenoxy) is 2. The number of carbonyl (C=O) groups is 1. The summed E-state index contributed by atoms with van der Waals surface area (Å²) in [5.41, 5.74) is -0.0902. The van der Waals surface area contributed by atoms with E-state index in [1.165, 1.54) is 30.3 Å². The molecule has 0 aliphatic heterocycles. The number of rotatable bonds is 6. The predicted octanol–water partition coefficient (Wildman–Crippen LogP) is 4.80. The van der Waals surface area contributed by atoms with Crippen LogP contribution >= 0.6 is 23.2 Å². The Hall–Kier alpha value is -2.31. The van der Waals surface area contributed by atoms with Crippen LogP contribution in [-0.2, 0) is 16.0 Å². The van der Waals surface area contributed by atoms with E-state index in [2.05, 4.69) is 0 Å². The van der Waals surface area contributed by atoms with Crippen LogP contribution in [0.25, 0.3) is 0 Å². The Morgan fingerprint density at radius 3 is 2.58 bits per heavy atom. The summed E-state index contributed by atoms with van der Waals surface area (Å²) in [6.07, 6.45) is -0.220.